The van der Waals surface area contributed by atoms with Crippen LogP contribution >= 0.6 is 0 Å². The highest BCUT2D eigenvalue weighted by molar-refractivity contribution is 6.00. The molecule has 1 atom stereocenters. The van der Waals surface area contributed by atoms with Gasteiger partial charge >= 0.3 is 0 Å². The topological polar surface area (TPSA) is 46.9 Å². The van der Waals surface area contributed by atoms with Crippen LogP contribution in [0.25, 0.3) is 0 Å². The minimum Gasteiger partial charge on any atom is -0.337 e. The Labute approximate surface area is 212 Å². The molecule has 1 unspecified atom stereocenters. The van der Waals surface area contributed by atoms with Gasteiger partial charge in [0.15, 0.2) is 11.6 Å². The molecule has 1 N–H and O–H groups in total. The third-order valence-corrected chi connectivity index (χ3v) is 6.67. The molecule has 0 saturated carbocycles. The molecule has 3 rings (SSSR count). The summed E-state index contributed by atoms with van der Waals surface area (Å²) in [5.74, 6) is -2.10. The number of benzene rings is 1. The molecular formula is C30H35F2N3O. The largest absolute Gasteiger partial charge is 0.337 e. The lowest BCUT2D eigenvalue weighted by Crippen LogP contribution is -2.26. The van der Waals surface area contributed by atoms with Gasteiger partial charge in [-0.25, -0.2) is 13.8 Å². The number of carbonyl (C=O) groups excluding carboxylic acids is 1. The average molecular weight is 492 g/mol. The zero-order chi connectivity index (χ0) is 26.3. The molecule has 6 heteroatoms. The van der Waals surface area contributed by atoms with Crippen LogP contribution < -0.4 is 5.32 Å². The Morgan fingerprint density at radius 1 is 1.22 bits per heavy atom. The van der Waals surface area contributed by atoms with E-state index in [-0.39, 0.29) is 11.1 Å². The lowest BCUT2D eigenvalue weighted by Gasteiger charge is -2.37. The van der Waals surface area contributed by atoms with Crippen molar-refractivity contribution in [3.8, 4) is 0 Å². The maximum atomic E-state index is 13.7. The molecular weight excluding hydrogens is 456 g/mol. The number of hydrogen-bond acceptors (Lipinski definition) is 2. The van der Waals surface area contributed by atoms with Gasteiger partial charge in [-0.3, -0.25) is 4.79 Å². The number of halogens is 2. The van der Waals surface area contributed by atoms with Crippen LogP contribution in [0.4, 0.5) is 14.5 Å². The van der Waals surface area contributed by atoms with Gasteiger partial charge < -0.3 is 9.88 Å². The SMILES string of the molecule is CC(C=CC1=C(C)C(Cn2ccnc2)CCC1(C)C)=CC=CC(C)=CC(=O)Nc1cccc(F)c1F. The standard InChI is InChI=1S/C30H35F2N3O/c1-21(8-6-9-22(2)18-28(36)34-27-11-7-10-26(31)29(27)32)12-13-25-23(3)24(14-15-30(25,4)5)19-35-17-16-33-20-35/h6-13,16-18,20,24H,14-15,19H2,1-5H3,(H,34,36). The molecule has 190 valence electrons. The van der Waals surface area contributed by atoms with Crippen LogP contribution in [0.5, 0.6) is 0 Å². The van der Waals surface area contributed by atoms with E-state index < -0.39 is 17.5 Å². The normalized spacial score (nSPS) is 18.9. The van der Waals surface area contributed by atoms with Gasteiger partial charge in [-0.05, 0) is 68.2 Å². The second-order valence-corrected chi connectivity index (χ2v) is 10.1. The summed E-state index contributed by atoms with van der Waals surface area (Å²) >= 11 is 0. The fraction of sp³-hybridized carbons (Fsp3) is 0.333. The van der Waals surface area contributed by atoms with E-state index in [4.69, 9.17) is 0 Å². The van der Waals surface area contributed by atoms with Crippen LogP contribution in [0.15, 0.2) is 95.7 Å². The Morgan fingerprint density at radius 3 is 2.72 bits per heavy atom. The molecule has 0 radical (unpaired) electrons. The summed E-state index contributed by atoms with van der Waals surface area (Å²) in [5.41, 5.74) is 4.52. The number of amides is 1. The molecule has 1 heterocycles. The molecule has 36 heavy (non-hydrogen) atoms. The summed E-state index contributed by atoms with van der Waals surface area (Å²) in [5, 5.41) is 2.37. The third kappa shape index (κ3) is 7.23. The fourth-order valence-electron chi connectivity index (χ4n) is 4.52. The van der Waals surface area contributed by atoms with Gasteiger partial charge in [0.05, 0.1) is 12.0 Å². The Kier molecular flexibility index (Phi) is 8.97. The van der Waals surface area contributed by atoms with Gasteiger partial charge in [0.25, 0.3) is 0 Å². The number of nitrogens with one attached hydrogen (secondary N) is 1. The second-order valence-electron chi connectivity index (χ2n) is 10.1. The molecule has 0 aliphatic heterocycles. The minimum absolute atomic E-state index is 0.121. The Balaban J connectivity index is 1.65. The monoisotopic (exact) mass is 491 g/mol. The van der Waals surface area contributed by atoms with Gasteiger partial charge in [0, 0.05) is 25.0 Å². The van der Waals surface area contributed by atoms with Crippen molar-refractivity contribution in [2.24, 2.45) is 11.3 Å². The first-order valence-corrected chi connectivity index (χ1v) is 12.2. The van der Waals surface area contributed by atoms with E-state index in [0.717, 1.165) is 31.0 Å². The molecule has 1 aromatic carbocycles. The summed E-state index contributed by atoms with van der Waals surface area (Å²) < 4.78 is 29.2. The number of hydrogen-bond donors (Lipinski definition) is 1. The highest BCUT2D eigenvalue weighted by Crippen LogP contribution is 2.44. The Morgan fingerprint density at radius 2 is 2.00 bits per heavy atom. The van der Waals surface area contributed by atoms with Crippen LogP contribution in [0.3, 0.4) is 0 Å². The van der Waals surface area contributed by atoms with Gasteiger partial charge in [-0.1, -0.05) is 61.4 Å². The van der Waals surface area contributed by atoms with E-state index in [1.165, 1.54) is 29.4 Å². The first-order valence-electron chi connectivity index (χ1n) is 12.2. The quantitative estimate of drug-likeness (QED) is 0.306. The van der Waals surface area contributed by atoms with Crippen molar-refractivity contribution < 1.29 is 13.6 Å². The number of allylic oxidation sites excluding steroid dienone is 9. The molecule has 1 aliphatic carbocycles. The predicted molar refractivity (Wildman–Crippen MR) is 142 cm³/mol. The highest BCUT2D eigenvalue weighted by Gasteiger charge is 2.31. The minimum atomic E-state index is -1.07. The van der Waals surface area contributed by atoms with Gasteiger partial charge in [0.2, 0.25) is 5.91 Å². The van der Waals surface area contributed by atoms with Crippen molar-refractivity contribution >= 4 is 11.6 Å². The molecule has 1 aromatic heterocycles. The molecule has 1 aliphatic rings. The first kappa shape index (κ1) is 27.1. The Bertz CT molecular complexity index is 1230. The lowest BCUT2D eigenvalue weighted by atomic mass is 9.68. The summed E-state index contributed by atoms with van der Waals surface area (Å²) in [7, 11) is 0. The zero-order valence-electron chi connectivity index (χ0n) is 21.7. The fourth-order valence-corrected chi connectivity index (χ4v) is 4.52. The number of nitrogens with zero attached hydrogens (tertiary/aromatic N) is 2. The molecule has 2 aromatic rings. The van der Waals surface area contributed by atoms with Crippen molar-refractivity contribution in [1.29, 1.82) is 0 Å². The predicted octanol–water partition coefficient (Wildman–Crippen LogP) is 7.56. The molecule has 0 saturated heterocycles. The number of anilines is 1. The van der Waals surface area contributed by atoms with Gasteiger partial charge in [-0.2, -0.15) is 0 Å². The van der Waals surface area contributed by atoms with E-state index >= 15 is 0 Å². The van der Waals surface area contributed by atoms with E-state index in [0.29, 0.717) is 11.5 Å². The smallest absolute Gasteiger partial charge is 0.248 e. The third-order valence-electron chi connectivity index (χ3n) is 6.67. The molecule has 4 nitrogen and oxygen atoms in total. The molecule has 0 bridgehead atoms. The van der Waals surface area contributed by atoms with E-state index in [9.17, 15) is 13.6 Å². The van der Waals surface area contributed by atoms with E-state index in [2.05, 4.69) is 47.8 Å². The summed E-state index contributed by atoms with van der Waals surface area (Å²) in [4.78, 5) is 16.3. The molecule has 0 spiro atoms. The summed E-state index contributed by atoms with van der Waals surface area (Å²) in [6.07, 6.45) is 19.4. The lowest BCUT2D eigenvalue weighted by molar-refractivity contribution is -0.112. The second kappa shape index (κ2) is 11.9. The van der Waals surface area contributed by atoms with Crippen LogP contribution in [-0.2, 0) is 11.3 Å². The van der Waals surface area contributed by atoms with Crippen molar-refractivity contribution in [1.82, 2.24) is 9.55 Å². The summed E-state index contributed by atoms with van der Waals surface area (Å²) in [6.45, 7) is 11.6. The van der Waals surface area contributed by atoms with Crippen LogP contribution in [0.1, 0.15) is 47.5 Å². The molecule has 0 fully saturated rings. The van der Waals surface area contributed by atoms with Crippen molar-refractivity contribution in [2.45, 2.75) is 54.0 Å². The van der Waals surface area contributed by atoms with Crippen molar-refractivity contribution in [3.63, 3.8) is 0 Å². The van der Waals surface area contributed by atoms with Crippen LogP contribution in [0.2, 0.25) is 0 Å². The Hall–Kier alpha value is -3.54. The average Bonchev–Trinajstić information content (AvgIpc) is 3.32. The van der Waals surface area contributed by atoms with Gasteiger partial charge in [0.1, 0.15) is 0 Å². The molecule has 1 amide bonds. The zero-order valence-corrected chi connectivity index (χ0v) is 21.7. The van der Waals surface area contributed by atoms with Crippen molar-refractivity contribution in [3.05, 3.63) is 107 Å². The number of rotatable bonds is 8. The number of aromatic nitrogens is 2. The first-order chi connectivity index (χ1) is 17.1. The number of imidazole rings is 1. The van der Waals surface area contributed by atoms with Crippen LogP contribution in [0, 0.1) is 23.0 Å². The van der Waals surface area contributed by atoms with E-state index in [1.54, 1.807) is 13.0 Å². The van der Waals surface area contributed by atoms with Crippen LogP contribution in [-0.4, -0.2) is 15.5 Å². The van der Waals surface area contributed by atoms with Crippen molar-refractivity contribution in [2.75, 3.05) is 5.32 Å². The maximum absolute atomic E-state index is 13.7. The maximum Gasteiger partial charge on any atom is 0.248 e. The number of carbonyl (C=O) groups is 1. The summed E-state index contributed by atoms with van der Waals surface area (Å²) in [6, 6.07) is 3.67. The highest BCUT2D eigenvalue weighted by atomic mass is 19.2. The van der Waals surface area contributed by atoms with E-state index in [1.807, 2.05) is 37.8 Å². The van der Waals surface area contributed by atoms with Gasteiger partial charge in [-0.15, -0.1) is 0 Å².